The topological polar surface area (TPSA) is 86.8 Å². The van der Waals surface area contributed by atoms with Crippen molar-refractivity contribution in [1.29, 1.82) is 0 Å². The van der Waals surface area contributed by atoms with Gasteiger partial charge in [0.2, 0.25) is 11.8 Å². The fourth-order valence-corrected chi connectivity index (χ4v) is 6.35. The highest BCUT2D eigenvalue weighted by Gasteiger charge is 2.34. The molecule has 0 aliphatic rings. The molecule has 0 aliphatic carbocycles. The zero-order valence-electron chi connectivity index (χ0n) is 23.7. The predicted molar refractivity (Wildman–Crippen MR) is 172 cm³/mol. The van der Waals surface area contributed by atoms with E-state index in [1.807, 2.05) is 37.3 Å². The summed E-state index contributed by atoms with van der Waals surface area (Å²) in [4.78, 5) is 29.5. The lowest BCUT2D eigenvalue weighted by Gasteiger charge is -2.34. The number of nitrogens with one attached hydrogen (secondary N) is 1. The Labute approximate surface area is 263 Å². The maximum absolute atomic E-state index is 14.4. The van der Waals surface area contributed by atoms with Crippen LogP contribution in [0.5, 0.6) is 0 Å². The molecule has 0 aliphatic heterocycles. The highest BCUT2D eigenvalue weighted by atomic mass is 35.5. The van der Waals surface area contributed by atoms with Gasteiger partial charge in [-0.1, -0.05) is 103 Å². The number of hydrogen-bond donors (Lipinski definition) is 1. The van der Waals surface area contributed by atoms with Crippen LogP contribution in [0.15, 0.2) is 114 Å². The second kappa shape index (κ2) is 15.0. The van der Waals surface area contributed by atoms with Gasteiger partial charge in [0.25, 0.3) is 10.0 Å². The number of carbonyl (C=O) groups excluding carboxylic acids is 2. The second-order valence-electron chi connectivity index (χ2n) is 9.93. The molecule has 2 amide bonds. The van der Waals surface area contributed by atoms with Crippen LogP contribution in [0.25, 0.3) is 0 Å². The number of sulfonamides is 1. The molecule has 1 N–H and O–H groups in total. The summed E-state index contributed by atoms with van der Waals surface area (Å²) in [5.41, 5.74) is 1.81. The lowest BCUT2D eigenvalue weighted by molar-refractivity contribution is -0.140. The van der Waals surface area contributed by atoms with E-state index in [2.05, 4.69) is 5.32 Å². The third-order valence-electron chi connectivity index (χ3n) is 6.81. The molecule has 224 valence electrons. The molecule has 1 atom stereocenters. The largest absolute Gasteiger partial charge is 0.354 e. The number of benzene rings is 4. The van der Waals surface area contributed by atoms with Gasteiger partial charge in [0.05, 0.1) is 20.6 Å². The molecule has 43 heavy (non-hydrogen) atoms. The van der Waals surface area contributed by atoms with E-state index in [4.69, 9.17) is 23.2 Å². The molecule has 7 nitrogen and oxygen atoms in total. The summed E-state index contributed by atoms with van der Waals surface area (Å²) >= 11 is 12.5. The molecule has 0 aromatic heterocycles. The smallest absolute Gasteiger partial charge is 0.264 e. The van der Waals surface area contributed by atoms with E-state index in [9.17, 15) is 18.0 Å². The van der Waals surface area contributed by atoms with Crippen LogP contribution in [-0.2, 0) is 32.6 Å². The summed E-state index contributed by atoms with van der Waals surface area (Å²) in [6, 6.07) is 29.8. The fraction of sp³-hybridized carbons (Fsp3) is 0.212. The molecule has 0 bridgehead atoms. The van der Waals surface area contributed by atoms with Crippen molar-refractivity contribution in [1.82, 2.24) is 10.2 Å². The maximum atomic E-state index is 14.4. The minimum absolute atomic E-state index is 0.000776. The van der Waals surface area contributed by atoms with Gasteiger partial charge in [0.15, 0.2) is 0 Å². The molecule has 4 aromatic rings. The predicted octanol–water partition coefficient (Wildman–Crippen LogP) is 6.36. The minimum Gasteiger partial charge on any atom is -0.354 e. The Hall–Kier alpha value is -3.85. The molecule has 0 saturated heterocycles. The summed E-state index contributed by atoms with van der Waals surface area (Å²) in [5, 5.41) is 3.58. The highest BCUT2D eigenvalue weighted by molar-refractivity contribution is 7.92. The molecule has 0 fully saturated rings. The third-order valence-corrected chi connectivity index (χ3v) is 9.34. The van der Waals surface area contributed by atoms with Gasteiger partial charge in [-0.05, 0) is 53.9 Å². The van der Waals surface area contributed by atoms with Crippen molar-refractivity contribution >= 4 is 50.7 Å². The standard InChI is InChI=1S/C33H33Cl2N3O4S/c1-2-20-36-33(40)31(22-25-12-6-3-7-13-25)37(23-26-18-19-29(34)30(35)21-26)32(39)24-38(27-14-8-4-9-15-27)43(41,42)28-16-10-5-11-17-28/h3-19,21,31H,2,20,22-24H2,1H3,(H,36,40). The first-order valence-electron chi connectivity index (χ1n) is 13.9. The lowest BCUT2D eigenvalue weighted by Crippen LogP contribution is -2.53. The quantitative estimate of drug-likeness (QED) is 0.185. The fourth-order valence-electron chi connectivity index (χ4n) is 4.60. The van der Waals surface area contributed by atoms with Crippen LogP contribution in [0.4, 0.5) is 5.69 Å². The van der Waals surface area contributed by atoms with Crippen molar-refractivity contribution in [3.63, 3.8) is 0 Å². The number of rotatable bonds is 13. The molecule has 10 heteroatoms. The third kappa shape index (κ3) is 8.38. The molecule has 0 radical (unpaired) electrons. The average Bonchev–Trinajstić information content (AvgIpc) is 3.03. The van der Waals surface area contributed by atoms with Gasteiger partial charge in [0.1, 0.15) is 12.6 Å². The van der Waals surface area contributed by atoms with E-state index >= 15 is 0 Å². The Morgan fingerprint density at radius 1 is 0.791 bits per heavy atom. The van der Waals surface area contributed by atoms with Crippen molar-refractivity contribution in [2.24, 2.45) is 0 Å². The number of para-hydroxylation sites is 1. The molecule has 0 saturated carbocycles. The van der Waals surface area contributed by atoms with Crippen molar-refractivity contribution in [3.8, 4) is 0 Å². The lowest BCUT2D eigenvalue weighted by atomic mass is 10.0. The van der Waals surface area contributed by atoms with Gasteiger partial charge in [0, 0.05) is 19.5 Å². The molecule has 4 aromatic carbocycles. The first-order valence-corrected chi connectivity index (χ1v) is 16.1. The number of carbonyl (C=O) groups is 2. The van der Waals surface area contributed by atoms with E-state index < -0.39 is 28.5 Å². The van der Waals surface area contributed by atoms with Gasteiger partial charge >= 0.3 is 0 Å². The van der Waals surface area contributed by atoms with Crippen molar-refractivity contribution < 1.29 is 18.0 Å². The number of nitrogens with zero attached hydrogens (tertiary/aromatic N) is 2. The Bertz CT molecular complexity index is 1620. The maximum Gasteiger partial charge on any atom is 0.264 e. The van der Waals surface area contributed by atoms with Crippen LogP contribution in [0.3, 0.4) is 0 Å². The van der Waals surface area contributed by atoms with E-state index in [0.717, 1.165) is 9.87 Å². The Balaban J connectivity index is 1.78. The summed E-state index contributed by atoms with van der Waals surface area (Å²) in [6.45, 7) is 1.84. The van der Waals surface area contributed by atoms with E-state index in [1.54, 1.807) is 66.7 Å². The van der Waals surface area contributed by atoms with Gasteiger partial charge in [-0.3, -0.25) is 13.9 Å². The van der Waals surface area contributed by atoms with Crippen LogP contribution >= 0.6 is 23.2 Å². The van der Waals surface area contributed by atoms with Crippen LogP contribution in [-0.4, -0.2) is 44.3 Å². The van der Waals surface area contributed by atoms with Crippen LogP contribution in [0.2, 0.25) is 10.0 Å². The number of halogens is 2. The van der Waals surface area contributed by atoms with Crippen LogP contribution < -0.4 is 9.62 Å². The SMILES string of the molecule is CCCNC(=O)C(Cc1ccccc1)N(Cc1ccc(Cl)c(Cl)c1)C(=O)CN(c1ccccc1)S(=O)(=O)c1ccccc1. The van der Waals surface area contributed by atoms with Gasteiger partial charge < -0.3 is 10.2 Å². The molecular weight excluding hydrogens is 605 g/mol. The second-order valence-corrected chi connectivity index (χ2v) is 12.6. The van der Waals surface area contributed by atoms with Gasteiger partial charge in [-0.25, -0.2) is 8.42 Å². The van der Waals surface area contributed by atoms with Gasteiger partial charge in [-0.2, -0.15) is 0 Å². The molecule has 0 spiro atoms. The average molecular weight is 639 g/mol. The van der Waals surface area contributed by atoms with Crippen molar-refractivity contribution in [3.05, 3.63) is 130 Å². The summed E-state index contributed by atoms with van der Waals surface area (Å²) in [7, 11) is -4.14. The first kappa shape index (κ1) is 32.1. The highest BCUT2D eigenvalue weighted by Crippen LogP contribution is 2.27. The van der Waals surface area contributed by atoms with E-state index in [0.29, 0.717) is 34.3 Å². The van der Waals surface area contributed by atoms with E-state index in [-0.39, 0.29) is 23.8 Å². The van der Waals surface area contributed by atoms with Crippen LogP contribution in [0.1, 0.15) is 24.5 Å². The Morgan fingerprint density at radius 3 is 2.00 bits per heavy atom. The van der Waals surface area contributed by atoms with Crippen LogP contribution in [0, 0.1) is 0 Å². The number of anilines is 1. The minimum atomic E-state index is -4.14. The van der Waals surface area contributed by atoms with E-state index in [1.165, 1.54) is 17.0 Å². The Kier molecular flexibility index (Phi) is 11.2. The zero-order chi connectivity index (χ0) is 30.8. The summed E-state index contributed by atoms with van der Waals surface area (Å²) in [5.74, 6) is -0.890. The van der Waals surface area contributed by atoms with Crippen molar-refractivity contribution in [2.75, 3.05) is 17.4 Å². The zero-order valence-corrected chi connectivity index (χ0v) is 26.0. The summed E-state index contributed by atoms with van der Waals surface area (Å²) < 4.78 is 28.9. The first-order chi connectivity index (χ1) is 20.7. The molecule has 1 unspecified atom stereocenters. The molecular formula is C33H33Cl2N3O4S. The van der Waals surface area contributed by atoms with Crippen molar-refractivity contribution in [2.45, 2.75) is 37.2 Å². The molecule has 0 heterocycles. The Morgan fingerprint density at radius 2 is 1.40 bits per heavy atom. The monoisotopic (exact) mass is 637 g/mol. The number of hydrogen-bond acceptors (Lipinski definition) is 4. The molecule has 4 rings (SSSR count). The van der Waals surface area contributed by atoms with Gasteiger partial charge in [-0.15, -0.1) is 0 Å². The normalized spacial score (nSPS) is 11.9. The summed E-state index contributed by atoms with van der Waals surface area (Å²) in [6.07, 6.45) is 0.932. The number of amides is 2.